The van der Waals surface area contributed by atoms with Crippen molar-refractivity contribution in [2.45, 2.75) is 4.83 Å². The van der Waals surface area contributed by atoms with E-state index in [1.807, 2.05) is 48.5 Å². The van der Waals surface area contributed by atoms with Crippen LogP contribution in [0.5, 0.6) is 11.5 Å². The molecule has 0 saturated heterocycles. The molecule has 0 aromatic heterocycles. The first kappa shape index (κ1) is 13.9. The van der Waals surface area contributed by atoms with Gasteiger partial charge in [0.2, 0.25) is 0 Å². The third-order valence-electron chi connectivity index (χ3n) is 3.24. The summed E-state index contributed by atoms with van der Waals surface area (Å²) < 4.78 is 5.80. The molecule has 0 amide bonds. The summed E-state index contributed by atoms with van der Waals surface area (Å²) in [6, 6.07) is 28.4. The van der Waals surface area contributed by atoms with Crippen LogP contribution in [0.4, 0.5) is 0 Å². The summed E-state index contributed by atoms with van der Waals surface area (Å²) in [5.74, 6) is 1.70. The maximum Gasteiger partial charge on any atom is 0.127 e. The van der Waals surface area contributed by atoms with E-state index in [0.717, 1.165) is 11.5 Å². The molecule has 3 rings (SSSR count). The van der Waals surface area contributed by atoms with Gasteiger partial charge in [-0.05, 0) is 35.4 Å². The zero-order chi connectivity index (χ0) is 14.5. The largest absolute Gasteiger partial charge is 0.457 e. The quantitative estimate of drug-likeness (QED) is 0.533. The molecule has 0 aliphatic carbocycles. The summed E-state index contributed by atoms with van der Waals surface area (Å²) in [5, 5.41) is 0. The molecule has 3 aromatic carbocycles. The Morgan fingerprint density at radius 2 is 1.05 bits per heavy atom. The van der Waals surface area contributed by atoms with Gasteiger partial charge < -0.3 is 4.74 Å². The zero-order valence-electron chi connectivity index (χ0n) is 11.4. The fraction of sp³-hybridized carbons (Fsp3) is 0.0526. The lowest BCUT2D eigenvalue weighted by atomic mass is 10.1. The highest BCUT2D eigenvalue weighted by Gasteiger charge is 2.09. The standard InChI is InChI=1S/C19H15BrO/c20-19(15-7-3-1-4-8-15)16-11-13-18(14-12-16)21-17-9-5-2-6-10-17/h1-14,19H. The van der Waals surface area contributed by atoms with Crippen LogP contribution < -0.4 is 4.74 Å². The van der Waals surface area contributed by atoms with Crippen LogP contribution in [-0.2, 0) is 0 Å². The highest BCUT2D eigenvalue weighted by molar-refractivity contribution is 9.09. The van der Waals surface area contributed by atoms with Gasteiger partial charge in [-0.1, -0.05) is 76.6 Å². The van der Waals surface area contributed by atoms with Crippen LogP contribution >= 0.6 is 15.9 Å². The maximum absolute atomic E-state index is 5.80. The Kier molecular flexibility index (Phi) is 4.37. The zero-order valence-corrected chi connectivity index (χ0v) is 13.0. The Morgan fingerprint density at radius 1 is 0.571 bits per heavy atom. The van der Waals surface area contributed by atoms with Crippen LogP contribution in [0.15, 0.2) is 84.9 Å². The van der Waals surface area contributed by atoms with Gasteiger partial charge in [0.25, 0.3) is 0 Å². The van der Waals surface area contributed by atoms with Gasteiger partial charge in [0.15, 0.2) is 0 Å². The fourth-order valence-electron chi connectivity index (χ4n) is 2.14. The first-order chi connectivity index (χ1) is 10.3. The summed E-state index contributed by atoms with van der Waals surface area (Å²) in [7, 11) is 0. The fourth-order valence-corrected chi connectivity index (χ4v) is 2.75. The van der Waals surface area contributed by atoms with Crippen molar-refractivity contribution in [1.82, 2.24) is 0 Å². The third kappa shape index (κ3) is 3.53. The van der Waals surface area contributed by atoms with Crippen molar-refractivity contribution in [2.24, 2.45) is 0 Å². The Labute approximate surface area is 133 Å². The van der Waals surface area contributed by atoms with E-state index >= 15 is 0 Å². The molecule has 0 N–H and O–H groups in total. The topological polar surface area (TPSA) is 9.23 Å². The molecule has 0 saturated carbocycles. The number of para-hydroxylation sites is 1. The van der Waals surface area contributed by atoms with E-state index in [1.54, 1.807) is 0 Å². The van der Waals surface area contributed by atoms with Crippen molar-refractivity contribution in [1.29, 1.82) is 0 Å². The minimum Gasteiger partial charge on any atom is -0.457 e. The van der Waals surface area contributed by atoms with E-state index in [-0.39, 0.29) is 4.83 Å². The van der Waals surface area contributed by atoms with Crippen LogP contribution in [0.1, 0.15) is 16.0 Å². The lowest BCUT2D eigenvalue weighted by Gasteiger charge is -2.12. The summed E-state index contributed by atoms with van der Waals surface area (Å²) in [6.07, 6.45) is 0. The lowest BCUT2D eigenvalue weighted by molar-refractivity contribution is 0.482. The second-order valence-electron chi connectivity index (χ2n) is 4.76. The van der Waals surface area contributed by atoms with Crippen LogP contribution in [0.25, 0.3) is 0 Å². The number of hydrogen-bond acceptors (Lipinski definition) is 1. The van der Waals surface area contributed by atoms with Crippen molar-refractivity contribution in [3.05, 3.63) is 96.1 Å². The third-order valence-corrected chi connectivity index (χ3v) is 4.30. The van der Waals surface area contributed by atoms with Gasteiger partial charge in [-0.25, -0.2) is 0 Å². The summed E-state index contributed by atoms with van der Waals surface area (Å²) in [5.41, 5.74) is 2.45. The molecule has 0 bridgehead atoms. The SMILES string of the molecule is BrC(c1ccccc1)c1ccc(Oc2ccccc2)cc1. The second-order valence-corrected chi connectivity index (χ2v) is 5.67. The van der Waals surface area contributed by atoms with Crippen LogP contribution in [0.2, 0.25) is 0 Å². The van der Waals surface area contributed by atoms with E-state index in [2.05, 4.69) is 52.3 Å². The molecule has 1 atom stereocenters. The second kappa shape index (κ2) is 6.59. The molecule has 0 radical (unpaired) electrons. The Hall–Kier alpha value is -2.06. The molecular formula is C19H15BrO. The predicted molar refractivity (Wildman–Crippen MR) is 90.2 cm³/mol. The van der Waals surface area contributed by atoms with Gasteiger partial charge in [-0.3, -0.25) is 0 Å². The van der Waals surface area contributed by atoms with Gasteiger partial charge in [0.05, 0.1) is 4.83 Å². The van der Waals surface area contributed by atoms with Crippen LogP contribution in [0, 0.1) is 0 Å². The smallest absolute Gasteiger partial charge is 0.127 e. The molecule has 1 nitrogen and oxygen atoms in total. The van der Waals surface area contributed by atoms with Crippen molar-refractivity contribution in [3.8, 4) is 11.5 Å². The molecule has 0 aliphatic heterocycles. The summed E-state index contributed by atoms with van der Waals surface area (Å²) in [6.45, 7) is 0. The van der Waals surface area contributed by atoms with Crippen LogP contribution in [0.3, 0.4) is 0 Å². The van der Waals surface area contributed by atoms with E-state index in [1.165, 1.54) is 11.1 Å². The lowest BCUT2D eigenvalue weighted by Crippen LogP contribution is -1.92. The van der Waals surface area contributed by atoms with Gasteiger partial charge >= 0.3 is 0 Å². The molecule has 21 heavy (non-hydrogen) atoms. The average Bonchev–Trinajstić information content (AvgIpc) is 2.57. The first-order valence-corrected chi connectivity index (χ1v) is 7.76. The number of halogens is 1. The maximum atomic E-state index is 5.80. The van der Waals surface area contributed by atoms with Gasteiger partial charge in [-0.2, -0.15) is 0 Å². The number of benzene rings is 3. The van der Waals surface area contributed by atoms with Crippen molar-refractivity contribution in [3.63, 3.8) is 0 Å². The number of rotatable bonds is 4. The normalized spacial score (nSPS) is 11.9. The number of alkyl halides is 1. The Bertz CT molecular complexity index is 678. The highest BCUT2D eigenvalue weighted by Crippen LogP contribution is 2.32. The monoisotopic (exact) mass is 338 g/mol. The molecule has 0 heterocycles. The Morgan fingerprint density at radius 3 is 1.67 bits per heavy atom. The number of hydrogen-bond donors (Lipinski definition) is 0. The van der Waals surface area contributed by atoms with Crippen molar-refractivity contribution >= 4 is 15.9 Å². The van der Waals surface area contributed by atoms with E-state index in [9.17, 15) is 0 Å². The number of ether oxygens (including phenoxy) is 1. The molecule has 2 heteroatoms. The average molecular weight is 339 g/mol. The van der Waals surface area contributed by atoms with Crippen LogP contribution in [-0.4, -0.2) is 0 Å². The molecule has 104 valence electrons. The molecule has 0 aliphatic rings. The van der Waals surface area contributed by atoms with Gasteiger partial charge in [0.1, 0.15) is 11.5 Å². The minimum absolute atomic E-state index is 0.199. The van der Waals surface area contributed by atoms with Crippen molar-refractivity contribution in [2.75, 3.05) is 0 Å². The molecule has 3 aromatic rings. The van der Waals surface area contributed by atoms with E-state index in [4.69, 9.17) is 4.74 Å². The van der Waals surface area contributed by atoms with E-state index in [0.29, 0.717) is 0 Å². The summed E-state index contributed by atoms with van der Waals surface area (Å²) in [4.78, 5) is 0.199. The minimum atomic E-state index is 0.199. The molecule has 0 spiro atoms. The summed E-state index contributed by atoms with van der Waals surface area (Å²) >= 11 is 3.74. The Balaban J connectivity index is 1.75. The highest BCUT2D eigenvalue weighted by atomic mass is 79.9. The molecular weight excluding hydrogens is 324 g/mol. The van der Waals surface area contributed by atoms with Gasteiger partial charge in [0, 0.05) is 0 Å². The first-order valence-electron chi connectivity index (χ1n) is 6.85. The van der Waals surface area contributed by atoms with E-state index < -0.39 is 0 Å². The molecule has 0 fully saturated rings. The predicted octanol–water partition coefficient (Wildman–Crippen LogP) is 5.96. The molecule has 1 unspecified atom stereocenters. The van der Waals surface area contributed by atoms with Gasteiger partial charge in [-0.15, -0.1) is 0 Å². The van der Waals surface area contributed by atoms with Crippen molar-refractivity contribution < 1.29 is 4.74 Å².